The zero-order valence-electron chi connectivity index (χ0n) is 14.7. The monoisotopic (exact) mass is 380 g/mol. The summed E-state index contributed by atoms with van der Waals surface area (Å²) in [5, 5.41) is 20.9. The van der Waals surface area contributed by atoms with Crippen molar-refractivity contribution >= 4 is 34.8 Å². The molecule has 8 nitrogen and oxygen atoms in total. The first-order valence-electron chi connectivity index (χ1n) is 7.36. The Kier molecular flexibility index (Phi) is 6.86. The maximum atomic E-state index is 12.6. The normalized spacial score (nSPS) is 11.8. The van der Waals surface area contributed by atoms with Gasteiger partial charge in [-0.1, -0.05) is 32.4 Å². The van der Waals surface area contributed by atoms with Crippen molar-refractivity contribution in [1.29, 1.82) is 5.26 Å². The van der Waals surface area contributed by atoms with E-state index in [1.54, 1.807) is 26.8 Å². The first kappa shape index (κ1) is 21.1. The van der Waals surface area contributed by atoms with Gasteiger partial charge in [-0.05, 0) is 12.1 Å². The van der Waals surface area contributed by atoms with Gasteiger partial charge in [0.25, 0.3) is 5.69 Å². The number of esters is 1. The molecule has 9 heteroatoms. The summed E-state index contributed by atoms with van der Waals surface area (Å²) in [4.78, 5) is 34.6. The van der Waals surface area contributed by atoms with E-state index in [2.05, 4.69) is 4.74 Å². The standard InChI is InChI=1S/C17H17ClN2O6/c1-17(2,3)16(22)12(8-19)15(26-9-14(21)25-4)11-6-5-10(18)7-13(11)20(23)24/h5-7H,9H2,1-4H3/b15-12-. The van der Waals surface area contributed by atoms with Gasteiger partial charge in [0, 0.05) is 16.5 Å². The summed E-state index contributed by atoms with van der Waals surface area (Å²) in [5.74, 6) is -1.75. The molecule has 0 amide bonds. The fourth-order valence-electron chi connectivity index (χ4n) is 1.90. The number of nitro benzene ring substituents is 1. The Morgan fingerprint density at radius 3 is 2.42 bits per heavy atom. The second-order valence-corrected chi connectivity index (χ2v) is 6.61. The topological polar surface area (TPSA) is 120 Å². The molecule has 0 aliphatic heterocycles. The van der Waals surface area contributed by atoms with E-state index >= 15 is 0 Å². The highest BCUT2D eigenvalue weighted by molar-refractivity contribution is 6.30. The second kappa shape index (κ2) is 8.45. The summed E-state index contributed by atoms with van der Waals surface area (Å²) in [5.41, 5.74) is -2.00. The van der Waals surface area contributed by atoms with Crippen molar-refractivity contribution in [2.45, 2.75) is 20.8 Å². The first-order chi connectivity index (χ1) is 12.0. The molecule has 138 valence electrons. The Balaban J connectivity index is 3.69. The van der Waals surface area contributed by atoms with E-state index < -0.39 is 40.0 Å². The zero-order chi connectivity index (χ0) is 20.1. The Morgan fingerprint density at radius 2 is 1.96 bits per heavy atom. The molecule has 0 unspecified atom stereocenters. The molecule has 1 rings (SSSR count). The summed E-state index contributed by atoms with van der Waals surface area (Å²) in [6.07, 6.45) is 0. The number of nitro groups is 1. The maximum absolute atomic E-state index is 12.6. The van der Waals surface area contributed by atoms with Crippen LogP contribution in [-0.4, -0.2) is 30.4 Å². The van der Waals surface area contributed by atoms with Gasteiger partial charge >= 0.3 is 5.97 Å². The van der Waals surface area contributed by atoms with Crippen LogP contribution in [0, 0.1) is 26.9 Å². The van der Waals surface area contributed by atoms with Crippen LogP contribution >= 0.6 is 11.6 Å². The van der Waals surface area contributed by atoms with Crippen LogP contribution in [0.4, 0.5) is 5.69 Å². The van der Waals surface area contributed by atoms with Crippen molar-refractivity contribution in [3.05, 3.63) is 44.5 Å². The van der Waals surface area contributed by atoms with Crippen molar-refractivity contribution in [1.82, 2.24) is 0 Å². The molecule has 0 radical (unpaired) electrons. The summed E-state index contributed by atoms with van der Waals surface area (Å²) >= 11 is 5.80. The highest BCUT2D eigenvalue weighted by Gasteiger charge is 2.32. The van der Waals surface area contributed by atoms with Gasteiger partial charge in [0.2, 0.25) is 0 Å². The van der Waals surface area contributed by atoms with Crippen LogP contribution in [0.15, 0.2) is 23.8 Å². The van der Waals surface area contributed by atoms with Crippen LogP contribution in [0.2, 0.25) is 5.02 Å². The van der Waals surface area contributed by atoms with E-state index in [-0.39, 0.29) is 16.3 Å². The Morgan fingerprint density at radius 1 is 1.35 bits per heavy atom. The zero-order valence-corrected chi connectivity index (χ0v) is 15.4. The second-order valence-electron chi connectivity index (χ2n) is 6.18. The number of carbonyl (C=O) groups excluding carboxylic acids is 2. The lowest BCUT2D eigenvalue weighted by Crippen LogP contribution is -2.23. The van der Waals surface area contributed by atoms with Gasteiger partial charge in [-0.3, -0.25) is 14.9 Å². The molecule has 0 aliphatic rings. The summed E-state index contributed by atoms with van der Waals surface area (Å²) in [7, 11) is 1.13. The van der Waals surface area contributed by atoms with Gasteiger partial charge in [0.05, 0.1) is 17.6 Å². The number of nitrogens with zero attached hydrogens (tertiary/aromatic N) is 2. The van der Waals surface area contributed by atoms with Gasteiger partial charge < -0.3 is 9.47 Å². The minimum Gasteiger partial charge on any atom is -0.479 e. The number of nitriles is 1. The molecule has 0 bridgehead atoms. The molecule has 0 spiro atoms. The van der Waals surface area contributed by atoms with Gasteiger partial charge in [0.1, 0.15) is 11.6 Å². The molecule has 1 aromatic rings. The fraction of sp³-hybridized carbons (Fsp3) is 0.353. The highest BCUT2D eigenvalue weighted by Crippen LogP contribution is 2.34. The van der Waals surface area contributed by atoms with E-state index in [4.69, 9.17) is 16.3 Å². The lowest BCUT2D eigenvalue weighted by atomic mass is 9.85. The number of methoxy groups -OCH3 is 1. The molecule has 0 N–H and O–H groups in total. The van der Waals surface area contributed by atoms with Gasteiger partial charge in [-0.25, -0.2) is 4.79 Å². The SMILES string of the molecule is COC(=O)CO/C(=C(/C#N)C(=O)C(C)(C)C)c1ccc(Cl)cc1[N+](=O)[O-]. The summed E-state index contributed by atoms with van der Waals surface area (Å²) in [6.45, 7) is 4.12. The largest absolute Gasteiger partial charge is 0.479 e. The van der Waals surface area contributed by atoms with Gasteiger partial charge in [-0.15, -0.1) is 0 Å². The lowest BCUT2D eigenvalue weighted by molar-refractivity contribution is -0.385. The third-order valence-corrected chi connectivity index (χ3v) is 3.45. The number of hydrogen-bond donors (Lipinski definition) is 0. The molecule has 26 heavy (non-hydrogen) atoms. The number of benzene rings is 1. The number of hydrogen-bond acceptors (Lipinski definition) is 7. The molecule has 0 aromatic heterocycles. The van der Waals surface area contributed by atoms with Gasteiger partial charge in [-0.2, -0.15) is 5.26 Å². The lowest BCUT2D eigenvalue weighted by Gasteiger charge is -2.18. The average Bonchev–Trinajstić information content (AvgIpc) is 2.57. The van der Waals surface area contributed by atoms with E-state index in [9.17, 15) is 25.0 Å². The van der Waals surface area contributed by atoms with E-state index in [1.165, 1.54) is 12.1 Å². The Bertz CT molecular complexity index is 818. The van der Waals surface area contributed by atoms with Crippen LogP contribution < -0.4 is 0 Å². The minimum atomic E-state index is -0.952. The molecule has 0 heterocycles. The molecule has 0 atom stereocenters. The smallest absolute Gasteiger partial charge is 0.343 e. The number of carbonyl (C=O) groups is 2. The molecular formula is C17H17ClN2O6. The maximum Gasteiger partial charge on any atom is 0.343 e. The third-order valence-electron chi connectivity index (χ3n) is 3.21. The van der Waals surface area contributed by atoms with E-state index in [0.717, 1.165) is 13.2 Å². The highest BCUT2D eigenvalue weighted by atomic mass is 35.5. The molecule has 0 saturated carbocycles. The number of ketones is 1. The first-order valence-corrected chi connectivity index (χ1v) is 7.73. The quantitative estimate of drug-likeness (QED) is 0.185. The van der Waals surface area contributed by atoms with Crippen molar-refractivity contribution < 1.29 is 24.0 Å². The van der Waals surface area contributed by atoms with Crippen molar-refractivity contribution in [3.8, 4) is 6.07 Å². The number of allylic oxidation sites excluding steroid dienone is 1. The van der Waals surface area contributed by atoms with Crippen LogP contribution in [-0.2, 0) is 19.1 Å². The van der Waals surface area contributed by atoms with Crippen LogP contribution in [0.1, 0.15) is 26.3 Å². The van der Waals surface area contributed by atoms with E-state index in [0.29, 0.717) is 0 Å². The molecule has 0 aliphatic carbocycles. The molecule has 0 saturated heterocycles. The van der Waals surface area contributed by atoms with Crippen molar-refractivity contribution in [2.75, 3.05) is 13.7 Å². The van der Waals surface area contributed by atoms with Crippen LogP contribution in [0.25, 0.3) is 5.76 Å². The van der Waals surface area contributed by atoms with Gasteiger partial charge in [0.15, 0.2) is 18.1 Å². The Hall–Kier alpha value is -2.92. The number of Topliss-reactive ketones (excluding diaryl/α,β-unsaturated/α-hetero) is 1. The molecular weight excluding hydrogens is 364 g/mol. The average molecular weight is 381 g/mol. The van der Waals surface area contributed by atoms with Crippen molar-refractivity contribution in [2.24, 2.45) is 5.41 Å². The molecule has 1 aromatic carbocycles. The number of halogens is 1. The van der Waals surface area contributed by atoms with Crippen LogP contribution in [0.5, 0.6) is 0 Å². The van der Waals surface area contributed by atoms with E-state index in [1.807, 2.05) is 0 Å². The van der Waals surface area contributed by atoms with Crippen molar-refractivity contribution in [3.63, 3.8) is 0 Å². The predicted octanol–water partition coefficient (Wildman–Crippen LogP) is 3.29. The third kappa shape index (κ3) is 5.04. The number of rotatable bonds is 6. The Labute approximate surface area is 155 Å². The fourth-order valence-corrected chi connectivity index (χ4v) is 2.07. The summed E-state index contributed by atoms with van der Waals surface area (Å²) < 4.78 is 9.76. The molecule has 0 fully saturated rings. The number of ether oxygens (including phenoxy) is 2. The predicted molar refractivity (Wildman–Crippen MR) is 93.1 cm³/mol. The minimum absolute atomic E-state index is 0.0911. The summed E-state index contributed by atoms with van der Waals surface area (Å²) in [6, 6.07) is 5.39. The van der Waals surface area contributed by atoms with Crippen LogP contribution in [0.3, 0.4) is 0 Å².